The van der Waals surface area contributed by atoms with Crippen molar-refractivity contribution in [1.82, 2.24) is 19.9 Å². The molecule has 0 aliphatic heterocycles. The molecule has 0 amide bonds. The lowest BCUT2D eigenvalue weighted by Gasteiger charge is -2.14. The van der Waals surface area contributed by atoms with Gasteiger partial charge < -0.3 is 10.6 Å². The highest BCUT2D eigenvalue weighted by atomic mass is 15.2. The molecular formula is C17H22N6. The molecule has 2 saturated carbocycles. The molecule has 0 radical (unpaired) electrons. The molecule has 1 atom stereocenters. The smallest absolute Gasteiger partial charge is 0.228 e. The van der Waals surface area contributed by atoms with Gasteiger partial charge in [0, 0.05) is 18.8 Å². The second-order valence-electron chi connectivity index (χ2n) is 6.62. The second kappa shape index (κ2) is 6.10. The Bertz CT molecular complexity index is 666. The molecule has 23 heavy (non-hydrogen) atoms. The molecule has 2 aromatic heterocycles. The van der Waals surface area contributed by atoms with Crippen molar-refractivity contribution < 1.29 is 0 Å². The first-order valence-corrected chi connectivity index (χ1v) is 8.46. The molecule has 0 saturated heterocycles. The van der Waals surface area contributed by atoms with E-state index in [0.717, 1.165) is 24.1 Å². The van der Waals surface area contributed by atoms with Gasteiger partial charge in [-0.15, -0.1) is 0 Å². The molecule has 0 unspecified atom stereocenters. The summed E-state index contributed by atoms with van der Waals surface area (Å²) in [6.07, 6.45) is 6.94. The zero-order chi connectivity index (χ0) is 15.6. The molecule has 2 fully saturated rings. The van der Waals surface area contributed by atoms with Crippen molar-refractivity contribution in [2.45, 2.75) is 38.6 Å². The fourth-order valence-electron chi connectivity index (χ4n) is 2.60. The van der Waals surface area contributed by atoms with Gasteiger partial charge in [-0.2, -0.15) is 15.0 Å². The fraction of sp³-hybridized carbons (Fsp3) is 0.529. The lowest BCUT2D eigenvalue weighted by atomic mass is 10.2. The molecule has 0 spiro atoms. The zero-order valence-corrected chi connectivity index (χ0v) is 13.4. The Morgan fingerprint density at radius 2 is 1.91 bits per heavy atom. The molecule has 2 N–H and O–H groups in total. The second-order valence-corrected chi connectivity index (χ2v) is 6.62. The Hall–Kier alpha value is -2.24. The van der Waals surface area contributed by atoms with Crippen molar-refractivity contribution in [2.24, 2.45) is 11.8 Å². The highest BCUT2D eigenvalue weighted by Gasteiger charge is 2.28. The lowest BCUT2D eigenvalue weighted by molar-refractivity contribution is 0.685. The van der Waals surface area contributed by atoms with E-state index in [-0.39, 0.29) is 0 Å². The van der Waals surface area contributed by atoms with Crippen molar-refractivity contribution in [1.29, 1.82) is 0 Å². The van der Waals surface area contributed by atoms with Gasteiger partial charge in [0.25, 0.3) is 0 Å². The van der Waals surface area contributed by atoms with Crippen molar-refractivity contribution in [3.63, 3.8) is 0 Å². The number of nitrogens with one attached hydrogen (secondary N) is 2. The average molecular weight is 310 g/mol. The first-order valence-electron chi connectivity index (χ1n) is 8.46. The van der Waals surface area contributed by atoms with Gasteiger partial charge in [0.05, 0.1) is 0 Å². The summed E-state index contributed by atoms with van der Waals surface area (Å²) in [6, 6.07) is 6.16. The molecule has 4 rings (SSSR count). The Labute approximate surface area is 136 Å². The zero-order valence-electron chi connectivity index (χ0n) is 13.4. The SMILES string of the molecule is C[C@@H](Nc1nc(NCC2CC2)nc(-c2ccccn2)n1)C1CC1. The average Bonchev–Trinajstić information content (AvgIpc) is 3.47. The van der Waals surface area contributed by atoms with Crippen LogP contribution >= 0.6 is 0 Å². The van der Waals surface area contributed by atoms with Crippen LogP contribution in [0.5, 0.6) is 0 Å². The summed E-state index contributed by atoms with van der Waals surface area (Å²) < 4.78 is 0. The summed E-state index contributed by atoms with van der Waals surface area (Å²) in [5.41, 5.74) is 0.770. The van der Waals surface area contributed by atoms with Gasteiger partial charge in [0.2, 0.25) is 11.9 Å². The number of aromatic nitrogens is 4. The Balaban J connectivity index is 1.59. The van der Waals surface area contributed by atoms with E-state index in [1.807, 2.05) is 18.2 Å². The van der Waals surface area contributed by atoms with Gasteiger partial charge in [-0.05, 0) is 56.6 Å². The van der Waals surface area contributed by atoms with Crippen LogP contribution in [0.2, 0.25) is 0 Å². The first kappa shape index (κ1) is 14.4. The molecule has 2 aromatic rings. The largest absolute Gasteiger partial charge is 0.354 e. The first-order chi connectivity index (χ1) is 11.3. The van der Waals surface area contributed by atoms with Gasteiger partial charge in [-0.1, -0.05) is 6.07 Å². The van der Waals surface area contributed by atoms with Crippen LogP contribution in [-0.2, 0) is 0 Å². The van der Waals surface area contributed by atoms with E-state index in [9.17, 15) is 0 Å². The molecule has 2 aliphatic carbocycles. The van der Waals surface area contributed by atoms with Crippen LogP contribution < -0.4 is 10.6 Å². The standard InChI is InChI=1S/C17H22N6/c1-11(13-7-8-13)20-17-22-15(14-4-2-3-9-18-14)21-16(23-17)19-10-12-5-6-12/h2-4,9,11-13H,5-8,10H2,1H3,(H2,19,20,21,22,23)/t11-/m1/s1. The third-order valence-electron chi connectivity index (χ3n) is 4.46. The van der Waals surface area contributed by atoms with E-state index in [4.69, 9.17) is 0 Å². The molecule has 0 bridgehead atoms. The van der Waals surface area contributed by atoms with Gasteiger partial charge in [-0.3, -0.25) is 4.98 Å². The Morgan fingerprint density at radius 3 is 2.61 bits per heavy atom. The maximum Gasteiger partial charge on any atom is 0.228 e. The fourth-order valence-corrected chi connectivity index (χ4v) is 2.60. The van der Waals surface area contributed by atoms with Crippen LogP contribution in [0.25, 0.3) is 11.5 Å². The van der Waals surface area contributed by atoms with Gasteiger partial charge in [-0.25, -0.2) is 0 Å². The highest BCUT2D eigenvalue weighted by molar-refractivity contribution is 5.53. The third kappa shape index (κ3) is 3.75. The highest BCUT2D eigenvalue weighted by Crippen LogP contribution is 2.33. The molecule has 0 aromatic carbocycles. The van der Waals surface area contributed by atoms with Crippen LogP contribution in [0, 0.1) is 11.8 Å². The predicted octanol–water partition coefficient (Wildman–Crippen LogP) is 2.97. The molecule has 6 nitrogen and oxygen atoms in total. The van der Waals surface area contributed by atoms with Crippen LogP contribution in [-0.4, -0.2) is 32.5 Å². The minimum Gasteiger partial charge on any atom is -0.354 e. The van der Waals surface area contributed by atoms with Gasteiger partial charge >= 0.3 is 0 Å². The molecule has 2 heterocycles. The van der Waals surface area contributed by atoms with E-state index in [1.54, 1.807) is 6.20 Å². The van der Waals surface area contributed by atoms with Crippen LogP contribution in [0.15, 0.2) is 24.4 Å². The molecule has 120 valence electrons. The maximum atomic E-state index is 4.56. The van der Waals surface area contributed by atoms with Crippen molar-refractivity contribution in [3.05, 3.63) is 24.4 Å². The normalized spacial score (nSPS) is 18.5. The van der Waals surface area contributed by atoms with E-state index in [2.05, 4.69) is 37.5 Å². The van der Waals surface area contributed by atoms with Crippen LogP contribution in [0.4, 0.5) is 11.9 Å². The van der Waals surface area contributed by atoms with E-state index in [1.165, 1.54) is 25.7 Å². The number of anilines is 2. The monoisotopic (exact) mass is 310 g/mol. The topological polar surface area (TPSA) is 75.6 Å². The number of rotatable bonds is 7. The number of nitrogens with zero attached hydrogens (tertiary/aromatic N) is 4. The Kier molecular flexibility index (Phi) is 3.81. The summed E-state index contributed by atoms with van der Waals surface area (Å²) in [5, 5.41) is 6.77. The van der Waals surface area contributed by atoms with Crippen LogP contribution in [0.3, 0.4) is 0 Å². The molecular weight excluding hydrogens is 288 g/mol. The van der Waals surface area contributed by atoms with Crippen molar-refractivity contribution in [3.8, 4) is 11.5 Å². The van der Waals surface area contributed by atoms with Gasteiger partial charge in [0.15, 0.2) is 5.82 Å². The third-order valence-corrected chi connectivity index (χ3v) is 4.46. The maximum absolute atomic E-state index is 4.56. The quantitative estimate of drug-likeness (QED) is 0.819. The summed E-state index contributed by atoms with van der Waals surface area (Å²) in [7, 11) is 0. The van der Waals surface area contributed by atoms with Crippen molar-refractivity contribution in [2.75, 3.05) is 17.2 Å². The van der Waals surface area contributed by atoms with E-state index in [0.29, 0.717) is 23.8 Å². The number of hydrogen-bond donors (Lipinski definition) is 2. The summed E-state index contributed by atoms with van der Waals surface area (Å²) in [4.78, 5) is 18.0. The number of pyridine rings is 1. The Morgan fingerprint density at radius 1 is 1.09 bits per heavy atom. The minimum atomic E-state index is 0.394. The van der Waals surface area contributed by atoms with Crippen LogP contribution in [0.1, 0.15) is 32.6 Å². The summed E-state index contributed by atoms with van der Waals surface area (Å²) in [5.74, 6) is 3.40. The van der Waals surface area contributed by atoms with Gasteiger partial charge in [0.1, 0.15) is 5.69 Å². The predicted molar refractivity (Wildman–Crippen MR) is 90.1 cm³/mol. The van der Waals surface area contributed by atoms with E-state index >= 15 is 0 Å². The number of hydrogen-bond acceptors (Lipinski definition) is 6. The summed E-state index contributed by atoms with van der Waals surface area (Å²) >= 11 is 0. The summed E-state index contributed by atoms with van der Waals surface area (Å²) in [6.45, 7) is 3.13. The molecule has 6 heteroatoms. The lowest BCUT2D eigenvalue weighted by Crippen LogP contribution is -2.20. The van der Waals surface area contributed by atoms with E-state index < -0.39 is 0 Å². The van der Waals surface area contributed by atoms with Crippen molar-refractivity contribution >= 4 is 11.9 Å². The minimum absolute atomic E-state index is 0.394. The molecule has 2 aliphatic rings.